The average molecular weight is 322 g/mol. The molecule has 0 aliphatic rings. The lowest BCUT2D eigenvalue weighted by Gasteiger charge is -2.11. The summed E-state index contributed by atoms with van der Waals surface area (Å²) < 4.78 is 5.04. The lowest BCUT2D eigenvalue weighted by Crippen LogP contribution is -2.39. The zero-order valence-electron chi connectivity index (χ0n) is 13.1. The van der Waals surface area contributed by atoms with Gasteiger partial charge in [-0.1, -0.05) is 17.2 Å². The standard InChI is InChI=1S/C15H22N4O4/c1-23-12-7-5-11(6-8-12)10-17-19-15(22)18-13(14(20)21)4-2-3-9-16/h5-8,13H,2-4,9-10,16H2,1H3,(H,18,22)(H,20,21)/b19-17+. The molecule has 0 radical (unpaired) electrons. The molecule has 0 aromatic heterocycles. The van der Waals surface area contributed by atoms with Gasteiger partial charge in [0, 0.05) is 0 Å². The number of carbonyl (C=O) groups is 2. The van der Waals surface area contributed by atoms with Crippen LogP contribution in [0.2, 0.25) is 0 Å². The number of carboxylic acid groups (broad SMARTS) is 1. The van der Waals surface area contributed by atoms with Crippen molar-refractivity contribution in [2.24, 2.45) is 16.0 Å². The van der Waals surface area contributed by atoms with Crippen molar-refractivity contribution < 1.29 is 19.4 Å². The molecule has 4 N–H and O–H groups in total. The highest BCUT2D eigenvalue weighted by Crippen LogP contribution is 2.12. The number of benzene rings is 1. The Kier molecular flexibility index (Phi) is 8.30. The molecule has 8 nitrogen and oxygen atoms in total. The smallest absolute Gasteiger partial charge is 0.359 e. The van der Waals surface area contributed by atoms with Gasteiger partial charge in [0.05, 0.1) is 13.7 Å². The number of urea groups is 1. The van der Waals surface area contributed by atoms with Crippen LogP contribution in [0.15, 0.2) is 34.5 Å². The molecule has 0 fully saturated rings. The van der Waals surface area contributed by atoms with E-state index in [2.05, 4.69) is 15.5 Å². The van der Waals surface area contributed by atoms with E-state index in [9.17, 15) is 9.59 Å². The summed E-state index contributed by atoms with van der Waals surface area (Å²) in [5.74, 6) is -0.370. The summed E-state index contributed by atoms with van der Waals surface area (Å²) in [6.45, 7) is 0.712. The third-order valence-electron chi connectivity index (χ3n) is 3.12. The molecule has 0 aliphatic heterocycles. The number of hydrogen-bond donors (Lipinski definition) is 3. The zero-order chi connectivity index (χ0) is 17.1. The molecule has 126 valence electrons. The number of azo groups is 1. The summed E-state index contributed by atoms with van der Waals surface area (Å²) in [7, 11) is 1.57. The second kappa shape index (κ2) is 10.3. The molecule has 0 spiro atoms. The Hall–Kier alpha value is -2.48. The van der Waals surface area contributed by atoms with Crippen molar-refractivity contribution in [2.75, 3.05) is 13.7 Å². The van der Waals surface area contributed by atoms with E-state index < -0.39 is 18.0 Å². The minimum absolute atomic E-state index is 0.225. The van der Waals surface area contributed by atoms with Gasteiger partial charge in [-0.2, -0.15) is 5.11 Å². The largest absolute Gasteiger partial charge is 0.497 e. The van der Waals surface area contributed by atoms with E-state index in [4.69, 9.17) is 15.6 Å². The molecule has 0 bridgehead atoms. The Morgan fingerprint density at radius 2 is 2.00 bits per heavy atom. The maximum atomic E-state index is 11.6. The highest BCUT2D eigenvalue weighted by molar-refractivity contribution is 5.82. The van der Waals surface area contributed by atoms with E-state index in [-0.39, 0.29) is 6.54 Å². The van der Waals surface area contributed by atoms with Crippen LogP contribution in [0.4, 0.5) is 4.79 Å². The predicted molar refractivity (Wildman–Crippen MR) is 84.4 cm³/mol. The van der Waals surface area contributed by atoms with Gasteiger partial charge in [-0.05, 0) is 43.5 Å². The van der Waals surface area contributed by atoms with E-state index in [0.29, 0.717) is 25.8 Å². The number of ether oxygens (including phenoxy) is 1. The molecular formula is C15H22N4O4. The van der Waals surface area contributed by atoms with Gasteiger partial charge in [-0.15, -0.1) is 0 Å². The van der Waals surface area contributed by atoms with Crippen molar-refractivity contribution >= 4 is 12.0 Å². The van der Waals surface area contributed by atoms with E-state index in [1.807, 2.05) is 12.1 Å². The maximum absolute atomic E-state index is 11.6. The minimum atomic E-state index is -1.10. The Morgan fingerprint density at radius 3 is 2.57 bits per heavy atom. The number of methoxy groups -OCH3 is 1. The lowest BCUT2D eigenvalue weighted by molar-refractivity contribution is -0.139. The molecule has 2 amide bonds. The molecular weight excluding hydrogens is 300 g/mol. The van der Waals surface area contributed by atoms with Crippen molar-refractivity contribution in [3.8, 4) is 5.75 Å². The number of carboxylic acids is 1. The maximum Gasteiger partial charge on any atom is 0.359 e. The van der Waals surface area contributed by atoms with Crippen molar-refractivity contribution in [3.05, 3.63) is 29.8 Å². The molecule has 1 atom stereocenters. The quantitative estimate of drug-likeness (QED) is 0.473. The first-order valence-electron chi connectivity index (χ1n) is 7.30. The second-order valence-corrected chi connectivity index (χ2v) is 4.87. The van der Waals surface area contributed by atoms with E-state index in [1.54, 1.807) is 19.2 Å². The number of nitrogens with zero attached hydrogens (tertiary/aromatic N) is 2. The number of nitrogens with two attached hydrogens (primary N) is 1. The summed E-state index contributed by atoms with van der Waals surface area (Å²) >= 11 is 0. The van der Waals surface area contributed by atoms with Crippen LogP contribution in [-0.2, 0) is 11.3 Å². The second-order valence-electron chi connectivity index (χ2n) is 4.87. The number of carbonyl (C=O) groups excluding carboxylic acids is 1. The van der Waals surface area contributed by atoms with Gasteiger partial charge in [0.15, 0.2) is 0 Å². The molecule has 1 aromatic rings. The van der Waals surface area contributed by atoms with Crippen LogP contribution < -0.4 is 15.8 Å². The van der Waals surface area contributed by atoms with E-state index >= 15 is 0 Å². The van der Waals surface area contributed by atoms with Gasteiger partial charge in [0.1, 0.15) is 11.8 Å². The number of hydrogen-bond acceptors (Lipinski definition) is 5. The fraction of sp³-hybridized carbons (Fsp3) is 0.467. The highest BCUT2D eigenvalue weighted by atomic mass is 16.5. The van der Waals surface area contributed by atoms with Crippen LogP contribution in [-0.4, -0.2) is 36.8 Å². The van der Waals surface area contributed by atoms with Crippen LogP contribution in [0.3, 0.4) is 0 Å². The fourth-order valence-corrected chi connectivity index (χ4v) is 1.84. The number of aliphatic carboxylic acids is 1. The minimum Gasteiger partial charge on any atom is -0.497 e. The molecule has 1 unspecified atom stereocenters. The summed E-state index contributed by atoms with van der Waals surface area (Å²) in [6.07, 6.45) is 1.64. The predicted octanol–water partition coefficient (Wildman–Crippen LogP) is 1.94. The van der Waals surface area contributed by atoms with Gasteiger partial charge in [0.25, 0.3) is 0 Å². The summed E-state index contributed by atoms with van der Waals surface area (Å²) in [5.41, 5.74) is 6.22. The van der Waals surface area contributed by atoms with Gasteiger partial charge in [-0.3, -0.25) is 0 Å². The monoisotopic (exact) mass is 322 g/mol. The summed E-state index contributed by atoms with van der Waals surface area (Å²) in [5, 5.41) is 18.6. The first-order chi connectivity index (χ1) is 11.1. The third-order valence-corrected chi connectivity index (χ3v) is 3.12. The SMILES string of the molecule is COc1ccc(C/N=N/C(=O)NC(CCCCN)C(=O)O)cc1. The first-order valence-corrected chi connectivity index (χ1v) is 7.30. The average Bonchev–Trinajstić information content (AvgIpc) is 2.54. The zero-order valence-corrected chi connectivity index (χ0v) is 13.1. The van der Waals surface area contributed by atoms with Gasteiger partial charge < -0.3 is 20.9 Å². The summed E-state index contributed by atoms with van der Waals surface area (Å²) in [4.78, 5) is 22.7. The Balaban J connectivity index is 2.44. The number of nitrogens with one attached hydrogen (secondary N) is 1. The van der Waals surface area contributed by atoms with Crippen molar-refractivity contribution in [1.29, 1.82) is 0 Å². The van der Waals surface area contributed by atoms with Crippen molar-refractivity contribution in [2.45, 2.75) is 31.8 Å². The molecule has 23 heavy (non-hydrogen) atoms. The molecule has 0 aliphatic carbocycles. The molecule has 1 rings (SSSR count). The van der Waals surface area contributed by atoms with Gasteiger partial charge in [-0.25, -0.2) is 9.59 Å². The summed E-state index contributed by atoms with van der Waals surface area (Å²) in [6, 6.07) is 5.43. The Labute approximate surface area is 134 Å². The van der Waals surface area contributed by atoms with Crippen molar-refractivity contribution in [1.82, 2.24) is 5.32 Å². The first kappa shape index (κ1) is 18.6. The van der Waals surface area contributed by atoms with Crippen LogP contribution in [0, 0.1) is 0 Å². The number of rotatable bonds is 9. The topological polar surface area (TPSA) is 126 Å². The number of amides is 2. The third kappa shape index (κ3) is 7.37. The van der Waals surface area contributed by atoms with Crippen LogP contribution in [0.5, 0.6) is 5.75 Å². The van der Waals surface area contributed by atoms with E-state index in [1.165, 1.54) is 0 Å². The van der Waals surface area contributed by atoms with Gasteiger partial charge >= 0.3 is 12.0 Å². The lowest BCUT2D eigenvalue weighted by atomic mass is 10.1. The van der Waals surface area contributed by atoms with Crippen LogP contribution >= 0.6 is 0 Å². The molecule has 1 aromatic carbocycles. The normalized spacial score (nSPS) is 12.1. The molecule has 0 heterocycles. The molecule has 0 saturated carbocycles. The van der Waals surface area contributed by atoms with E-state index in [0.717, 1.165) is 11.3 Å². The molecule has 0 saturated heterocycles. The molecule has 8 heteroatoms. The Morgan fingerprint density at radius 1 is 1.30 bits per heavy atom. The van der Waals surface area contributed by atoms with Crippen molar-refractivity contribution in [3.63, 3.8) is 0 Å². The highest BCUT2D eigenvalue weighted by Gasteiger charge is 2.18. The van der Waals surface area contributed by atoms with Gasteiger partial charge in [0.2, 0.25) is 0 Å². The Bertz CT molecular complexity index is 531. The number of unbranched alkanes of at least 4 members (excludes halogenated alkanes) is 1. The fourth-order valence-electron chi connectivity index (χ4n) is 1.84. The van der Waals surface area contributed by atoms with Crippen LogP contribution in [0.1, 0.15) is 24.8 Å². The van der Waals surface area contributed by atoms with Crippen LogP contribution in [0.25, 0.3) is 0 Å².